The van der Waals surface area contributed by atoms with E-state index in [1.54, 1.807) is 180 Å². The van der Waals surface area contributed by atoms with Gasteiger partial charge in [0.15, 0.2) is 0 Å². The Morgan fingerprint density at radius 1 is 0.159 bits per heavy atom. The molecule has 0 aromatic rings. The lowest BCUT2D eigenvalue weighted by Crippen LogP contribution is -2.56. The summed E-state index contributed by atoms with van der Waals surface area (Å²) in [6.45, 7) is 0. The standard InChI is InChI=1S/C44H72/c1-2-13-29(14-3-1)33-20-4-5-21-34(33)43-35-22-6-8-24-37(35)44(38-25-9-7-23-36(38)43)39-26-12-19-31-17-10-15-30-16-11-18-32-27-28-40(39)42(31)41(30)32/h29-44H,1-28H2/t30-,31?,32-,33?,34?,35-,36+,37+,38?,39-,40?,41?,42+,43?,44?/m0/s1. The molecule has 44 heavy (non-hydrogen) atoms. The topological polar surface area (TPSA) is 0 Å². The van der Waals surface area contributed by atoms with Crippen molar-refractivity contribution in [1.82, 2.24) is 0 Å². The molecule has 9 aliphatic carbocycles. The highest BCUT2D eigenvalue weighted by molar-refractivity contribution is 5.08. The Kier molecular flexibility index (Phi) is 8.98. The lowest BCUT2D eigenvalue weighted by Gasteiger charge is -2.62. The zero-order valence-corrected chi connectivity index (χ0v) is 29.0. The van der Waals surface area contributed by atoms with Crippen LogP contribution in [0.4, 0.5) is 0 Å². The van der Waals surface area contributed by atoms with E-state index >= 15 is 0 Å². The average molecular weight is 601 g/mol. The van der Waals surface area contributed by atoms with Gasteiger partial charge in [-0.15, -0.1) is 0 Å². The van der Waals surface area contributed by atoms with Gasteiger partial charge in [-0.2, -0.15) is 0 Å². The molecule has 0 radical (unpaired) electrons. The lowest BCUT2D eigenvalue weighted by molar-refractivity contribution is -0.140. The number of fused-ring (bicyclic) bond motifs is 2. The van der Waals surface area contributed by atoms with Crippen molar-refractivity contribution in [1.29, 1.82) is 0 Å². The highest BCUT2D eigenvalue weighted by atomic mass is 14.6. The molecule has 0 spiro atoms. The van der Waals surface area contributed by atoms with E-state index in [1.807, 2.05) is 0 Å². The fraction of sp³-hybridized carbons (Fsp3) is 1.00. The molecule has 9 saturated carbocycles. The van der Waals surface area contributed by atoms with Crippen molar-refractivity contribution in [2.24, 2.45) is 94.7 Å². The molecule has 0 saturated heterocycles. The van der Waals surface area contributed by atoms with Crippen molar-refractivity contribution >= 4 is 0 Å². The van der Waals surface area contributed by atoms with Gasteiger partial charge in [0.2, 0.25) is 0 Å². The Labute approximate surface area is 273 Å². The number of hydrogen-bond acceptors (Lipinski definition) is 0. The van der Waals surface area contributed by atoms with Gasteiger partial charge in [-0.1, -0.05) is 122 Å². The van der Waals surface area contributed by atoms with Crippen LogP contribution < -0.4 is 0 Å². The van der Waals surface area contributed by atoms with Crippen LogP contribution in [0.3, 0.4) is 0 Å². The highest BCUT2D eigenvalue weighted by Gasteiger charge is 2.59. The van der Waals surface area contributed by atoms with Crippen LogP contribution in [0.25, 0.3) is 0 Å². The summed E-state index contributed by atoms with van der Waals surface area (Å²) >= 11 is 0. The molecule has 0 nitrogen and oxygen atoms in total. The summed E-state index contributed by atoms with van der Waals surface area (Å²) in [4.78, 5) is 0. The first kappa shape index (κ1) is 30.1. The van der Waals surface area contributed by atoms with Gasteiger partial charge < -0.3 is 0 Å². The minimum Gasteiger partial charge on any atom is -0.0533 e. The van der Waals surface area contributed by atoms with Gasteiger partial charge >= 0.3 is 0 Å². The Hall–Kier alpha value is 0. The largest absolute Gasteiger partial charge is 0.0533 e. The van der Waals surface area contributed by atoms with E-state index < -0.39 is 0 Å². The third-order valence-corrected chi connectivity index (χ3v) is 18.3. The van der Waals surface area contributed by atoms with Crippen LogP contribution in [-0.2, 0) is 0 Å². The number of hydrogen-bond donors (Lipinski definition) is 0. The smallest absolute Gasteiger partial charge is 0.0321 e. The summed E-state index contributed by atoms with van der Waals surface area (Å²) in [7, 11) is 0. The van der Waals surface area contributed by atoms with Crippen LogP contribution >= 0.6 is 0 Å². The number of rotatable bonds is 3. The summed E-state index contributed by atoms with van der Waals surface area (Å²) < 4.78 is 0. The predicted molar refractivity (Wildman–Crippen MR) is 185 cm³/mol. The van der Waals surface area contributed by atoms with E-state index in [9.17, 15) is 0 Å². The van der Waals surface area contributed by atoms with Crippen molar-refractivity contribution in [3.8, 4) is 0 Å². The third kappa shape index (κ3) is 5.25. The van der Waals surface area contributed by atoms with Crippen molar-refractivity contribution in [2.75, 3.05) is 0 Å². The van der Waals surface area contributed by atoms with Crippen molar-refractivity contribution < 1.29 is 0 Å². The SMILES string of the molecule is C1CCC(C2CCCCC2C2[C@@H]3CCCCC3C([C@H]3CCCC4CCC[C@H]5CCC[C@H]6CCC3[C@@H]4C56)[C@@H]3CCCC[C@H]23)CC1. The van der Waals surface area contributed by atoms with Gasteiger partial charge in [-0.05, 0) is 152 Å². The maximum Gasteiger partial charge on any atom is -0.0321 e. The quantitative estimate of drug-likeness (QED) is 0.302. The first-order valence-corrected chi connectivity index (χ1v) is 21.9. The van der Waals surface area contributed by atoms with E-state index in [-0.39, 0.29) is 0 Å². The first-order chi connectivity index (χ1) is 21.9. The molecule has 9 rings (SSSR count). The van der Waals surface area contributed by atoms with Crippen LogP contribution in [0.1, 0.15) is 180 Å². The highest BCUT2D eigenvalue weighted by Crippen LogP contribution is 2.67. The van der Waals surface area contributed by atoms with E-state index in [0.29, 0.717) is 0 Å². The molecular weight excluding hydrogens is 528 g/mol. The maximum atomic E-state index is 1.67. The van der Waals surface area contributed by atoms with Crippen LogP contribution in [-0.4, -0.2) is 0 Å². The van der Waals surface area contributed by atoms with E-state index in [1.165, 1.54) is 0 Å². The van der Waals surface area contributed by atoms with Crippen molar-refractivity contribution in [3.05, 3.63) is 0 Å². The second-order valence-corrected chi connectivity index (χ2v) is 19.5. The molecule has 0 aliphatic heterocycles. The minimum atomic E-state index is 1.11. The first-order valence-electron chi connectivity index (χ1n) is 21.9. The Morgan fingerprint density at radius 3 is 1.00 bits per heavy atom. The molecule has 0 bridgehead atoms. The second kappa shape index (κ2) is 13.1. The van der Waals surface area contributed by atoms with E-state index in [0.717, 1.165) is 94.7 Å². The van der Waals surface area contributed by atoms with Gasteiger partial charge in [0, 0.05) is 0 Å². The Bertz CT molecular complexity index is 920. The summed E-state index contributed by atoms with van der Waals surface area (Å²) in [5.41, 5.74) is 0. The molecule has 15 atom stereocenters. The van der Waals surface area contributed by atoms with Crippen LogP contribution in [0.15, 0.2) is 0 Å². The van der Waals surface area contributed by atoms with Crippen LogP contribution in [0.2, 0.25) is 0 Å². The Balaban J connectivity index is 1.07. The molecule has 9 aliphatic rings. The summed E-state index contributed by atoms with van der Waals surface area (Å²) in [6.07, 6.45) is 45.2. The zero-order valence-electron chi connectivity index (χ0n) is 29.0. The molecule has 0 heteroatoms. The Morgan fingerprint density at radius 2 is 0.477 bits per heavy atom. The van der Waals surface area contributed by atoms with Gasteiger partial charge in [-0.3, -0.25) is 0 Å². The van der Waals surface area contributed by atoms with Crippen molar-refractivity contribution in [3.63, 3.8) is 0 Å². The fourth-order valence-electron chi connectivity index (χ4n) is 17.2. The summed E-state index contributed by atoms with van der Waals surface area (Å²) in [6, 6.07) is 0. The van der Waals surface area contributed by atoms with Gasteiger partial charge in [0.25, 0.3) is 0 Å². The fourth-order valence-corrected chi connectivity index (χ4v) is 17.2. The average Bonchev–Trinajstić information content (AvgIpc) is 3.39. The van der Waals surface area contributed by atoms with Crippen molar-refractivity contribution in [2.45, 2.75) is 180 Å². The zero-order chi connectivity index (χ0) is 29.0. The molecule has 0 aromatic heterocycles. The maximum absolute atomic E-state index is 1.67. The molecule has 9 fully saturated rings. The van der Waals surface area contributed by atoms with E-state index in [4.69, 9.17) is 0 Å². The monoisotopic (exact) mass is 601 g/mol. The molecule has 0 amide bonds. The van der Waals surface area contributed by atoms with Gasteiger partial charge in [-0.25, -0.2) is 0 Å². The normalized spacial score (nSPS) is 53.3. The molecular formula is C44H72. The van der Waals surface area contributed by atoms with Crippen LogP contribution in [0, 0.1) is 94.7 Å². The molecule has 0 N–H and O–H groups in total. The minimum absolute atomic E-state index is 1.11. The predicted octanol–water partition coefficient (Wildman–Crippen LogP) is 12.9. The molecule has 0 aromatic carbocycles. The van der Waals surface area contributed by atoms with Crippen LogP contribution in [0.5, 0.6) is 0 Å². The molecule has 0 heterocycles. The molecule has 8 unspecified atom stereocenters. The molecule has 248 valence electrons. The van der Waals surface area contributed by atoms with Gasteiger partial charge in [0.05, 0.1) is 0 Å². The van der Waals surface area contributed by atoms with E-state index in [2.05, 4.69) is 0 Å². The summed E-state index contributed by atoms with van der Waals surface area (Å²) in [5.74, 6) is 18.2. The van der Waals surface area contributed by atoms with Gasteiger partial charge in [0.1, 0.15) is 0 Å². The third-order valence-electron chi connectivity index (χ3n) is 18.3. The summed E-state index contributed by atoms with van der Waals surface area (Å²) in [5, 5.41) is 0. The second-order valence-electron chi connectivity index (χ2n) is 19.5. The lowest BCUT2D eigenvalue weighted by atomic mass is 9.42.